The summed E-state index contributed by atoms with van der Waals surface area (Å²) >= 11 is 0. The van der Waals surface area contributed by atoms with E-state index in [1.807, 2.05) is 0 Å². The van der Waals surface area contributed by atoms with E-state index in [2.05, 4.69) is 224 Å². The molecule has 0 amide bonds. The normalized spacial score (nSPS) is 13.0. The van der Waals surface area contributed by atoms with Crippen LogP contribution < -0.4 is 5.32 Å². The number of hydrogen-bond donors (Lipinski definition) is 1. The second-order valence-electron chi connectivity index (χ2n) is 15.7. The molecule has 0 unspecified atom stereocenters. The summed E-state index contributed by atoms with van der Waals surface area (Å²) in [4.78, 5) is 0. The van der Waals surface area contributed by atoms with Crippen LogP contribution in [-0.2, 0) is 5.41 Å². The van der Waals surface area contributed by atoms with Crippen molar-refractivity contribution in [3.8, 4) is 55.6 Å². The van der Waals surface area contributed by atoms with E-state index in [0.717, 1.165) is 11.4 Å². The molecule has 2 aliphatic rings. The van der Waals surface area contributed by atoms with Crippen molar-refractivity contribution in [2.75, 3.05) is 5.32 Å². The van der Waals surface area contributed by atoms with Crippen molar-refractivity contribution in [3.05, 3.63) is 241 Å². The van der Waals surface area contributed by atoms with Crippen molar-refractivity contribution in [1.82, 2.24) is 0 Å². The van der Waals surface area contributed by atoms with Gasteiger partial charge in [-0.15, -0.1) is 0 Å². The Morgan fingerprint density at radius 3 is 1.28 bits per heavy atom. The number of benzene rings is 10. The minimum Gasteiger partial charge on any atom is -0.355 e. The molecule has 0 saturated heterocycles. The van der Waals surface area contributed by atoms with Gasteiger partial charge in [-0.05, 0) is 130 Å². The number of hydrogen-bond acceptors (Lipinski definition) is 1. The quantitative estimate of drug-likeness (QED) is 0.186. The van der Waals surface area contributed by atoms with Crippen LogP contribution in [-0.4, -0.2) is 0 Å². The molecule has 2 aliphatic carbocycles. The molecule has 10 aromatic carbocycles. The van der Waals surface area contributed by atoms with Crippen LogP contribution >= 0.6 is 0 Å². The summed E-state index contributed by atoms with van der Waals surface area (Å²) in [6.45, 7) is 0. The Hall–Kier alpha value is -7.48. The molecule has 1 spiro atoms. The third-order valence-corrected chi connectivity index (χ3v) is 12.7. The summed E-state index contributed by atoms with van der Waals surface area (Å²) in [5.41, 5.74) is 19.8. The van der Waals surface area contributed by atoms with E-state index >= 15 is 0 Å². The Morgan fingerprint density at radius 2 is 0.672 bits per heavy atom. The number of rotatable bonds is 5. The van der Waals surface area contributed by atoms with E-state index in [1.165, 1.54) is 99.4 Å². The summed E-state index contributed by atoms with van der Waals surface area (Å²) in [6, 6.07) is 80.4. The highest BCUT2D eigenvalue weighted by molar-refractivity contribution is 5.99. The third-order valence-electron chi connectivity index (χ3n) is 12.7. The first kappa shape index (κ1) is 32.7. The molecule has 1 nitrogen and oxygen atoms in total. The largest absolute Gasteiger partial charge is 0.355 e. The van der Waals surface area contributed by atoms with E-state index in [0.29, 0.717) is 0 Å². The van der Waals surface area contributed by atoms with Gasteiger partial charge < -0.3 is 5.32 Å². The van der Waals surface area contributed by atoms with E-state index in [-0.39, 0.29) is 5.41 Å². The predicted octanol–water partition coefficient (Wildman–Crippen LogP) is 15.1. The zero-order valence-electron chi connectivity index (χ0n) is 31.8. The van der Waals surface area contributed by atoms with Gasteiger partial charge in [0.05, 0.1) is 5.41 Å². The van der Waals surface area contributed by atoms with Crippen molar-refractivity contribution in [1.29, 1.82) is 0 Å². The fraction of sp³-hybridized carbons (Fsp3) is 0.0175. The molecular formula is C57H37N. The van der Waals surface area contributed by atoms with Crippen molar-refractivity contribution >= 4 is 32.9 Å². The predicted molar refractivity (Wildman–Crippen MR) is 244 cm³/mol. The van der Waals surface area contributed by atoms with Gasteiger partial charge >= 0.3 is 0 Å². The zero-order valence-corrected chi connectivity index (χ0v) is 31.8. The molecule has 1 N–H and O–H groups in total. The maximum absolute atomic E-state index is 3.84. The SMILES string of the molecule is c1ccc2c(c1)-c1ccccc1C21c2ccccc2-c2c(Nc3ccc(-c4ccc(-c5ccc6cc(-c7ccc8ccccc8c7)ccc6c5)cc4)cc3)cccc21. The molecule has 0 radical (unpaired) electrons. The third kappa shape index (κ3) is 4.90. The molecule has 0 saturated carbocycles. The summed E-state index contributed by atoms with van der Waals surface area (Å²) in [5, 5.41) is 8.87. The summed E-state index contributed by atoms with van der Waals surface area (Å²) in [5.74, 6) is 0. The lowest BCUT2D eigenvalue weighted by Gasteiger charge is -2.30. The topological polar surface area (TPSA) is 12.0 Å². The highest BCUT2D eigenvalue weighted by Crippen LogP contribution is 2.63. The van der Waals surface area contributed by atoms with E-state index < -0.39 is 0 Å². The maximum atomic E-state index is 3.84. The molecule has 0 heterocycles. The molecule has 0 aromatic heterocycles. The second kappa shape index (κ2) is 12.8. The lowest BCUT2D eigenvalue weighted by Crippen LogP contribution is -2.25. The van der Waals surface area contributed by atoms with Crippen LogP contribution in [0.5, 0.6) is 0 Å². The highest BCUT2D eigenvalue weighted by Gasteiger charge is 2.51. The summed E-state index contributed by atoms with van der Waals surface area (Å²) < 4.78 is 0. The maximum Gasteiger partial charge on any atom is 0.0726 e. The summed E-state index contributed by atoms with van der Waals surface area (Å²) in [7, 11) is 0. The summed E-state index contributed by atoms with van der Waals surface area (Å²) in [6.07, 6.45) is 0. The van der Waals surface area contributed by atoms with Gasteiger partial charge in [-0.2, -0.15) is 0 Å². The monoisotopic (exact) mass is 735 g/mol. The van der Waals surface area contributed by atoms with Crippen LogP contribution in [0.15, 0.2) is 218 Å². The number of anilines is 2. The van der Waals surface area contributed by atoms with Crippen LogP contribution in [0.2, 0.25) is 0 Å². The molecule has 0 bridgehead atoms. The van der Waals surface area contributed by atoms with Crippen LogP contribution in [0.1, 0.15) is 22.3 Å². The first-order valence-corrected chi connectivity index (χ1v) is 20.2. The molecule has 0 atom stereocenters. The van der Waals surface area contributed by atoms with E-state index in [1.54, 1.807) is 0 Å². The van der Waals surface area contributed by atoms with Crippen molar-refractivity contribution in [3.63, 3.8) is 0 Å². The van der Waals surface area contributed by atoms with Crippen LogP contribution in [0.3, 0.4) is 0 Å². The lowest BCUT2D eigenvalue weighted by molar-refractivity contribution is 0.794. The van der Waals surface area contributed by atoms with Gasteiger partial charge in [-0.25, -0.2) is 0 Å². The van der Waals surface area contributed by atoms with Crippen molar-refractivity contribution in [2.45, 2.75) is 5.41 Å². The van der Waals surface area contributed by atoms with Gasteiger partial charge in [0, 0.05) is 16.9 Å². The number of nitrogens with one attached hydrogen (secondary N) is 1. The van der Waals surface area contributed by atoms with E-state index in [9.17, 15) is 0 Å². The Bertz CT molecular complexity index is 3200. The Balaban J connectivity index is 0.822. The van der Waals surface area contributed by atoms with Gasteiger partial charge in [0.15, 0.2) is 0 Å². The fourth-order valence-electron chi connectivity index (χ4n) is 9.98. The number of fused-ring (bicyclic) bond motifs is 12. The van der Waals surface area contributed by atoms with Crippen LogP contribution in [0.4, 0.5) is 11.4 Å². The van der Waals surface area contributed by atoms with Crippen LogP contribution in [0.25, 0.3) is 77.2 Å². The minimum atomic E-state index is -0.346. The minimum absolute atomic E-state index is 0.346. The van der Waals surface area contributed by atoms with Crippen LogP contribution in [0, 0.1) is 0 Å². The molecule has 0 aliphatic heterocycles. The zero-order chi connectivity index (χ0) is 38.2. The highest BCUT2D eigenvalue weighted by atomic mass is 14.9. The van der Waals surface area contributed by atoms with Gasteiger partial charge in [-0.3, -0.25) is 0 Å². The average molecular weight is 736 g/mol. The molecule has 1 heteroatoms. The average Bonchev–Trinajstić information content (AvgIpc) is 3.77. The standard InChI is InChI=1S/C57H37N/c1-2-11-41-34-43(25-24-37(41)10-1)46-29-28-44-35-42(26-27-45(44)36-46)40-22-20-38(21-23-40)39-30-32-47(33-31-39)58-55-19-9-18-54-56(55)50-14-5-8-17-53(50)57(54)51-15-6-3-12-48(51)49-13-4-7-16-52(49)57/h1-36,58H. The van der Waals surface area contributed by atoms with E-state index in [4.69, 9.17) is 0 Å². The van der Waals surface area contributed by atoms with Crippen molar-refractivity contribution < 1.29 is 0 Å². The molecule has 12 rings (SSSR count). The Kier molecular flexibility index (Phi) is 7.21. The fourth-order valence-corrected chi connectivity index (χ4v) is 9.98. The first-order valence-electron chi connectivity index (χ1n) is 20.2. The first-order chi connectivity index (χ1) is 28.7. The van der Waals surface area contributed by atoms with Gasteiger partial charge in [-0.1, -0.05) is 182 Å². The van der Waals surface area contributed by atoms with Crippen molar-refractivity contribution in [2.24, 2.45) is 0 Å². The molecule has 58 heavy (non-hydrogen) atoms. The Morgan fingerprint density at radius 1 is 0.276 bits per heavy atom. The van der Waals surface area contributed by atoms with Gasteiger partial charge in [0.1, 0.15) is 0 Å². The smallest absolute Gasteiger partial charge is 0.0726 e. The second-order valence-corrected chi connectivity index (χ2v) is 15.7. The van der Waals surface area contributed by atoms with Gasteiger partial charge in [0.25, 0.3) is 0 Å². The molecule has 10 aromatic rings. The molecule has 270 valence electrons. The molecular weight excluding hydrogens is 699 g/mol. The Labute approximate surface area is 338 Å². The lowest BCUT2D eigenvalue weighted by atomic mass is 9.70. The molecule has 0 fully saturated rings. The van der Waals surface area contributed by atoms with Gasteiger partial charge in [0.2, 0.25) is 0 Å².